The number of hydrogen-bond donors (Lipinski definition) is 1. The fraction of sp³-hybridized carbons (Fsp3) is 0.111. The Morgan fingerprint density at radius 3 is 2.71 bits per heavy atom. The van der Waals surface area contributed by atoms with Crippen LogP contribution in [0.2, 0.25) is 0 Å². The van der Waals surface area contributed by atoms with E-state index < -0.39 is 5.91 Å². The second-order valence-electron chi connectivity index (χ2n) is 2.51. The topological polar surface area (TPSA) is 76.1 Å². The molecule has 0 atom stereocenters. The molecule has 72 valence electrons. The molecule has 0 saturated heterocycles. The number of benzene rings is 1. The van der Waals surface area contributed by atoms with Crippen molar-refractivity contribution in [3.8, 4) is 11.8 Å². The van der Waals surface area contributed by atoms with Crippen LogP contribution in [0.3, 0.4) is 0 Å². The zero-order chi connectivity index (χ0) is 10.7. The molecule has 1 aromatic rings. The Kier molecular flexibility index (Phi) is 3.30. The minimum Gasteiger partial charge on any atom is -0.496 e. The second kappa shape index (κ2) is 4.28. The molecule has 5 heteroatoms. The molecule has 0 spiro atoms. The highest BCUT2D eigenvalue weighted by Gasteiger charge is 2.15. The van der Waals surface area contributed by atoms with Gasteiger partial charge in [0, 0.05) is 3.57 Å². The predicted octanol–water partition coefficient (Wildman–Crippen LogP) is 1.27. The maximum atomic E-state index is 11.1. The zero-order valence-corrected chi connectivity index (χ0v) is 9.53. The normalized spacial score (nSPS) is 9.21. The van der Waals surface area contributed by atoms with Crippen molar-refractivity contribution >= 4 is 28.5 Å². The number of primary amides is 1. The number of hydrogen-bond acceptors (Lipinski definition) is 3. The smallest absolute Gasteiger partial charge is 0.253 e. The summed E-state index contributed by atoms with van der Waals surface area (Å²) in [6.07, 6.45) is 0. The molecule has 2 N–H and O–H groups in total. The van der Waals surface area contributed by atoms with E-state index >= 15 is 0 Å². The average Bonchev–Trinajstić information content (AvgIpc) is 2.15. The van der Waals surface area contributed by atoms with Crippen molar-refractivity contribution in [3.05, 3.63) is 26.8 Å². The number of methoxy groups -OCH3 is 1. The first-order chi connectivity index (χ1) is 6.60. The first-order valence-corrected chi connectivity index (χ1v) is 4.75. The molecule has 0 heterocycles. The van der Waals surface area contributed by atoms with Gasteiger partial charge < -0.3 is 10.5 Å². The highest BCUT2D eigenvalue weighted by Crippen LogP contribution is 2.24. The van der Waals surface area contributed by atoms with Gasteiger partial charge in [0.15, 0.2) is 0 Å². The number of nitriles is 1. The zero-order valence-electron chi connectivity index (χ0n) is 7.37. The Labute approximate surface area is 94.8 Å². The molecule has 1 aromatic carbocycles. The van der Waals surface area contributed by atoms with E-state index in [-0.39, 0.29) is 11.1 Å². The van der Waals surface area contributed by atoms with E-state index in [4.69, 9.17) is 15.7 Å². The number of nitrogens with zero attached hydrogens (tertiary/aromatic N) is 1. The maximum absolute atomic E-state index is 11.1. The summed E-state index contributed by atoms with van der Waals surface area (Å²) in [5, 5.41) is 8.80. The highest BCUT2D eigenvalue weighted by atomic mass is 127. The summed E-state index contributed by atoms with van der Waals surface area (Å²) in [5.74, 6) is -0.323. The predicted molar refractivity (Wildman–Crippen MR) is 58.9 cm³/mol. The lowest BCUT2D eigenvalue weighted by atomic mass is 10.1. The van der Waals surface area contributed by atoms with Gasteiger partial charge in [-0.2, -0.15) is 5.26 Å². The van der Waals surface area contributed by atoms with Crippen molar-refractivity contribution in [3.63, 3.8) is 0 Å². The number of halogens is 1. The van der Waals surface area contributed by atoms with Crippen molar-refractivity contribution in [2.45, 2.75) is 0 Å². The van der Waals surface area contributed by atoms with Crippen molar-refractivity contribution < 1.29 is 9.53 Å². The SMILES string of the molecule is COc1cc(I)cc(C#N)c1C(N)=O. The second-order valence-corrected chi connectivity index (χ2v) is 3.75. The summed E-state index contributed by atoms with van der Waals surface area (Å²) in [6.45, 7) is 0. The van der Waals surface area contributed by atoms with Crippen molar-refractivity contribution in [1.82, 2.24) is 0 Å². The third kappa shape index (κ3) is 1.96. The first kappa shape index (κ1) is 10.8. The van der Waals surface area contributed by atoms with Gasteiger partial charge >= 0.3 is 0 Å². The first-order valence-electron chi connectivity index (χ1n) is 3.67. The minimum atomic E-state index is -0.658. The van der Waals surface area contributed by atoms with Gasteiger partial charge in [0.05, 0.1) is 18.2 Å². The lowest BCUT2D eigenvalue weighted by Gasteiger charge is -2.07. The molecule has 0 saturated carbocycles. The van der Waals surface area contributed by atoms with E-state index in [9.17, 15) is 4.79 Å². The van der Waals surface area contributed by atoms with Crippen molar-refractivity contribution in [1.29, 1.82) is 5.26 Å². The molecule has 0 aliphatic rings. The van der Waals surface area contributed by atoms with Gasteiger partial charge in [-0.1, -0.05) is 0 Å². The summed E-state index contributed by atoms with van der Waals surface area (Å²) in [6, 6.07) is 5.15. The molecule has 0 unspecified atom stereocenters. The van der Waals surface area contributed by atoms with Crippen LogP contribution in [0, 0.1) is 14.9 Å². The van der Waals surface area contributed by atoms with Gasteiger partial charge in [0.1, 0.15) is 11.8 Å². The fourth-order valence-electron chi connectivity index (χ4n) is 1.09. The molecule has 1 amide bonds. The van der Waals surface area contributed by atoms with Gasteiger partial charge in [-0.15, -0.1) is 0 Å². The standard InChI is InChI=1S/C9H7IN2O2/c1-14-7-3-6(10)2-5(4-11)8(7)9(12)13/h2-3H,1H3,(H2,12,13). The summed E-state index contributed by atoms with van der Waals surface area (Å²) in [4.78, 5) is 11.1. The number of carbonyl (C=O) groups is 1. The van der Waals surface area contributed by atoms with Crippen LogP contribution in [-0.2, 0) is 0 Å². The Morgan fingerprint density at radius 1 is 1.64 bits per heavy atom. The number of ether oxygens (including phenoxy) is 1. The number of rotatable bonds is 2. The molecule has 1 rings (SSSR count). The summed E-state index contributed by atoms with van der Waals surface area (Å²) < 4.78 is 5.79. The third-order valence-electron chi connectivity index (χ3n) is 1.65. The van der Waals surface area contributed by atoms with Gasteiger partial charge in [-0.3, -0.25) is 4.79 Å². The number of amides is 1. The molecule has 0 aromatic heterocycles. The highest BCUT2D eigenvalue weighted by molar-refractivity contribution is 14.1. The molecular formula is C9H7IN2O2. The van der Waals surface area contributed by atoms with E-state index in [2.05, 4.69) is 0 Å². The van der Waals surface area contributed by atoms with Crippen LogP contribution in [0.1, 0.15) is 15.9 Å². The van der Waals surface area contributed by atoms with Crippen molar-refractivity contribution in [2.75, 3.05) is 7.11 Å². The van der Waals surface area contributed by atoms with Gasteiger partial charge in [0.2, 0.25) is 0 Å². The number of nitrogens with two attached hydrogens (primary N) is 1. The molecule has 0 aliphatic carbocycles. The summed E-state index contributed by atoms with van der Waals surface area (Å²) >= 11 is 2.03. The van der Waals surface area contributed by atoms with Crippen LogP contribution in [0.4, 0.5) is 0 Å². The van der Waals surface area contributed by atoms with Crippen LogP contribution < -0.4 is 10.5 Å². The van der Waals surface area contributed by atoms with Gasteiger partial charge in [-0.05, 0) is 34.7 Å². The molecule has 0 radical (unpaired) electrons. The Balaban J connectivity index is 3.50. The van der Waals surface area contributed by atoms with Crippen molar-refractivity contribution in [2.24, 2.45) is 5.73 Å². The minimum absolute atomic E-state index is 0.135. The van der Waals surface area contributed by atoms with Crippen LogP contribution in [0.25, 0.3) is 0 Å². The van der Waals surface area contributed by atoms with E-state index in [1.807, 2.05) is 28.7 Å². The lowest BCUT2D eigenvalue weighted by molar-refractivity contribution is 0.0997. The van der Waals surface area contributed by atoms with E-state index in [0.717, 1.165) is 3.57 Å². The Hall–Kier alpha value is -1.29. The quantitative estimate of drug-likeness (QED) is 0.836. The van der Waals surface area contributed by atoms with Crippen LogP contribution in [0.5, 0.6) is 5.75 Å². The van der Waals surface area contributed by atoms with Gasteiger partial charge in [-0.25, -0.2) is 0 Å². The number of carbonyl (C=O) groups excluding carboxylic acids is 1. The third-order valence-corrected chi connectivity index (χ3v) is 2.28. The van der Waals surface area contributed by atoms with E-state index in [1.165, 1.54) is 7.11 Å². The Morgan fingerprint density at radius 2 is 2.29 bits per heavy atom. The largest absolute Gasteiger partial charge is 0.496 e. The Bertz CT molecular complexity index is 424. The molecule has 4 nitrogen and oxygen atoms in total. The van der Waals surface area contributed by atoms with E-state index in [0.29, 0.717) is 5.75 Å². The van der Waals surface area contributed by atoms with Crippen LogP contribution >= 0.6 is 22.6 Å². The fourth-order valence-corrected chi connectivity index (χ4v) is 1.68. The molecule has 0 fully saturated rings. The van der Waals surface area contributed by atoms with Crippen LogP contribution in [0.15, 0.2) is 12.1 Å². The molecule has 0 aliphatic heterocycles. The van der Waals surface area contributed by atoms with Gasteiger partial charge in [0.25, 0.3) is 5.91 Å². The van der Waals surface area contributed by atoms with E-state index in [1.54, 1.807) is 12.1 Å². The molecule has 14 heavy (non-hydrogen) atoms. The lowest BCUT2D eigenvalue weighted by Crippen LogP contribution is -2.14. The summed E-state index contributed by atoms with van der Waals surface area (Å²) in [7, 11) is 1.43. The summed E-state index contributed by atoms with van der Waals surface area (Å²) in [5.41, 5.74) is 5.52. The average molecular weight is 302 g/mol. The molecule has 0 bridgehead atoms. The van der Waals surface area contributed by atoms with Crippen LogP contribution in [-0.4, -0.2) is 13.0 Å². The monoisotopic (exact) mass is 302 g/mol. The maximum Gasteiger partial charge on any atom is 0.253 e. The molecular weight excluding hydrogens is 295 g/mol.